The van der Waals surface area contributed by atoms with Crippen molar-refractivity contribution in [3.05, 3.63) is 71.6 Å². The standard InChI is InChI=1S/C20H20N2O3S3/c1-26-18-9-7-15(8-10-18)16-4-2-5-17(14-16)20(23)21-11-12-22-28(24,25)19-6-3-13-27-19/h2-10,13-14H,11-12H2,1H3,(H2-,21,22,23,24,25). The van der Waals surface area contributed by atoms with Gasteiger partial charge in [-0.2, -0.15) is 0 Å². The fourth-order valence-corrected chi connectivity index (χ4v) is 5.05. The second-order valence-corrected chi connectivity index (χ2v) is 9.72. The summed E-state index contributed by atoms with van der Waals surface area (Å²) in [5, 5.41) is 4.45. The van der Waals surface area contributed by atoms with Crippen LogP contribution >= 0.6 is 23.1 Å². The van der Waals surface area contributed by atoms with Crippen molar-refractivity contribution in [3.63, 3.8) is 0 Å². The number of thiophene rings is 1. The summed E-state index contributed by atoms with van der Waals surface area (Å²) in [7, 11) is -3.51. The molecule has 0 saturated heterocycles. The molecule has 1 unspecified atom stereocenters. The van der Waals surface area contributed by atoms with Gasteiger partial charge in [0.2, 0.25) is 4.21 Å². The van der Waals surface area contributed by atoms with Gasteiger partial charge in [0.25, 0.3) is 5.91 Å². The third kappa shape index (κ3) is 5.30. The highest BCUT2D eigenvalue weighted by Crippen LogP contribution is 2.24. The van der Waals surface area contributed by atoms with Crippen LogP contribution in [0.5, 0.6) is 0 Å². The van der Waals surface area contributed by atoms with E-state index in [2.05, 4.69) is 10.0 Å². The van der Waals surface area contributed by atoms with Crippen LogP contribution in [-0.2, 0) is 14.6 Å². The molecule has 0 aliphatic rings. The van der Waals surface area contributed by atoms with Crippen molar-refractivity contribution in [2.45, 2.75) is 9.10 Å². The highest BCUT2D eigenvalue weighted by molar-refractivity contribution is 7.98. The lowest BCUT2D eigenvalue weighted by Crippen LogP contribution is -2.37. The van der Waals surface area contributed by atoms with E-state index in [4.69, 9.17) is 0 Å². The van der Waals surface area contributed by atoms with E-state index >= 15 is 0 Å². The first-order valence-corrected chi connectivity index (χ1v) is 12.1. The van der Waals surface area contributed by atoms with E-state index in [-0.39, 0.29) is 23.2 Å². The zero-order valence-corrected chi connectivity index (χ0v) is 17.7. The van der Waals surface area contributed by atoms with Crippen LogP contribution < -0.4 is 10.0 Å². The number of hydrogen-bond donors (Lipinski definition) is 2. The molecule has 0 aliphatic carbocycles. The van der Waals surface area contributed by atoms with E-state index in [1.165, 1.54) is 4.90 Å². The molecular weight excluding hydrogens is 412 g/mol. The number of benzene rings is 2. The van der Waals surface area contributed by atoms with E-state index in [9.17, 15) is 13.6 Å². The molecule has 1 aromatic heterocycles. The van der Waals surface area contributed by atoms with Crippen molar-refractivity contribution >= 4 is 39.4 Å². The molecule has 28 heavy (non-hydrogen) atoms. The second-order valence-electron chi connectivity index (χ2n) is 5.90. The molecule has 0 spiro atoms. The zero-order chi connectivity index (χ0) is 20.0. The minimum absolute atomic E-state index is 0.127. The number of carbonyl (C=O) groups is 1. The van der Waals surface area contributed by atoms with Crippen LogP contribution in [0.3, 0.4) is 0 Å². The molecule has 1 amide bonds. The third-order valence-corrected chi connectivity index (χ3v) is 7.61. The molecule has 3 aromatic rings. The molecule has 0 bridgehead atoms. The van der Waals surface area contributed by atoms with E-state index in [1.54, 1.807) is 35.3 Å². The summed E-state index contributed by atoms with van der Waals surface area (Å²) in [5.74, 6) is -0.238. The lowest BCUT2D eigenvalue weighted by molar-refractivity contribution is 0.0954. The van der Waals surface area contributed by atoms with Crippen LogP contribution in [0.15, 0.2) is 75.1 Å². The number of rotatable bonds is 8. The molecule has 2 aromatic carbocycles. The lowest BCUT2D eigenvalue weighted by Gasteiger charge is -2.13. The lowest BCUT2D eigenvalue weighted by atomic mass is 10.0. The first-order valence-electron chi connectivity index (χ1n) is 8.55. The molecule has 146 valence electrons. The minimum atomic E-state index is -3.51. The van der Waals surface area contributed by atoms with Crippen molar-refractivity contribution in [1.29, 1.82) is 0 Å². The Morgan fingerprint density at radius 1 is 1.07 bits per heavy atom. The van der Waals surface area contributed by atoms with Crippen LogP contribution in [0.1, 0.15) is 10.4 Å². The molecule has 1 atom stereocenters. The van der Waals surface area contributed by atoms with Gasteiger partial charge in [0.1, 0.15) is 0 Å². The average Bonchev–Trinajstić information content (AvgIpc) is 3.27. The van der Waals surface area contributed by atoms with Crippen LogP contribution in [-0.4, -0.2) is 29.8 Å². The largest absolute Gasteiger partial charge is 0.592 e. The van der Waals surface area contributed by atoms with Crippen molar-refractivity contribution in [3.8, 4) is 11.1 Å². The van der Waals surface area contributed by atoms with E-state index < -0.39 is 10.4 Å². The Morgan fingerprint density at radius 2 is 1.86 bits per heavy atom. The van der Waals surface area contributed by atoms with Crippen LogP contribution in [0.25, 0.3) is 11.1 Å². The SMILES string of the molecule is CSc1ccc(-c2cccc(C(=O)NCCN[S+](=O)([O-])c3cccs3)c2)cc1. The summed E-state index contributed by atoms with van der Waals surface area (Å²) in [4.78, 5) is 13.6. The van der Waals surface area contributed by atoms with Gasteiger partial charge in [0.05, 0.1) is 6.54 Å². The number of carbonyl (C=O) groups excluding carboxylic acids is 1. The minimum Gasteiger partial charge on any atom is -0.592 e. The number of sulfonamides is 1. The summed E-state index contributed by atoms with van der Waals surface area (Å²) in [5.41, 5.74) is 2.53. The molecule has 0 saturated carbocycles. The first kappa shape index (κ1) is 20.8. The van der Waals surface area contributed by atoms with Gasteiger partial charge in [-0.1, -0.05) is 39.8 Å². The predicted octanol–water partition coefficient (Wildman–Crippen LogP) is 4.06. The van der Waals surface area contributed by atoms with E-state index in [0.717, 1.165) is 22.5 Å². The third-order valence-electron chi connectivity index (χ3n) is 4.01. The first-order chi connectivity index (χ1) is 13.5. The maximum atomic E-state index is 12.4. The van der Waals surface area contributed by atoms with Crippen molar-refractivity contribution in [1.82, 2.24) is 10.0 Å². The van der Waals surface area contributed by atoms with Gasteiger partial charge in [0.15, 0.2) is 10.4 Å². The Kier molecular flexibility index (Phi) is 7.03. The quantitative estimate of drug-likeness (QED) is 0.320. The Hall–Kier alpha value is -1.97. The Labute approximate surface area is 174 Å². The summed E-state index contributed by atoms with van der Waals surface area (Å²) in [6.07, 6.45) is 2.03. The Morgan fingerprint density at radius 3 is 2.54 bits per heavy atom. The van der Waals surface area contributed by atoms with Gasteiger partial charge in [-0.05, 0) is 53.1 Å². The number of nitrogens with one attached hydrogen (secondary N) is 2. The summed E-state index contributed by atoms with van der Waals surface area (Å²) >= 11 is 2.83. The monoisotopic (exact) mass is 432 g/mol. The van der Waals surface area contributed by atoms with Crippen molar-refractivity contribution in [2.75, 3.05) is 19.3 Å². The summed E-state index contributed by atoms with van der Waals surface area (Å²) in [6, 6.07) is 18.8. The van der Waals surface area contributed by atoms with Crippen LogP contribution in [0, 0.1) is 0 Å². The van der Waals surface area contributed by atoms with Crippen LogP contribution in [0.2, 0.25) is 0 Å². The average molecular weight is 433 g/mol. The molecule has 0 fully saturated rings. The molecular formula is C20H20N2O3S3. The van der Waals surface area contributed by atoms with Gasteiger partial charge >= 0.3 is 0 Å². The summed E-state index contributed by atoms with van der Waals surface area (Å²) < 4.78 is 26.8. The zero-order valence-electron chi connectivity index (χ0n) is 15.2. The predicted molar refractivity (Wildman–Crippen MR) is 115 cm³/mol. The molecule has 2 N–H and O–H groups in total. The highest BCUT2D eigenvalue weighted by atomic mass is 32.3. The molecule has 1 heterocycles. The molecule has 0 aliphatic heterocycles. The fraction of sp³-hybridized carbons (Fsp3) is 0.150. The van der Waals surface area contributed by atoms with Gasteiger partial charge in [-0.3, -0.25) is 4.79 Å². The Balaban J connectivity index is 1.56. The topological polar surface area (TPSA) is 81.3 Å². The Bertz CT molecular complexity index is 973. The van der Waals surface area contributed by atoms with Crippen molar-refractivity contribution in [2.24, 2.45) is 0 Å². The van der Waals surface area contributed by atoms with Gasteiger partial charge in [-0.25, -0.2) is 0 Å². The fourth-order valence-electron chi connectivity index (χ4n) is 2.57. The number of thioether (sulfide) groups is 1. The maximum Gasteiger partial charge on any atom is 0.251 e. The maximum absolute atomic E-state index is 12.4. The normalized spacial score (nSPS) is 13.1. The molecule has 5 nitrogen and oxygen atoms in total. The van der Waals surface area contributed by atoms with E-state index in [0.29, 0.717) is 5.56 Å². The number of amides is 1. The number of hydrogen-bond acceptors (Lipinski definition) is 5. The van der Waals surface area contributed by atoms with Crippen LogP contribution in [0.4, 0.5) is 0 Å². The smallest absolute Gasteiger partial charge is 0.251 e. The van der Waals surface area contributed by atoms with Gasteiger partial charge < -0.3 is 9.87 Å². The highest BCUT2D eigenvalue weighted by Gasteiger charge is 2.20. The van der Waals surface area contributed by atoms with E-state index in [1.807, 2.05) is 48.7 Å². The van der Waals surface area contributed by atoms with Crippen molar-refractivity contribution < 1.29 is 13.6 Å². The summed E-state index contributed by atoms with van der Waals surface area (Å²) in [6.45, 7) is 0.331. The molecule has 8 heteroatoms. The van der Waals surface area contributed by atoms with Gasteiger partial charge in [0, 0.05) is 23.1 Å². The second kappa shape index (κ2) is 9.49. The molecule has 3 rings (SSSR count). The molecule has 0 radical (unpaired) electrons. The van der Waals surface area contributed by atoms with Gasteiger partial charge in [-0.15, -0.1) is 16.5 Å².